The smallest absolute Gasteiger partial charge is 1.00 e. The largest absolute Gasteiger partial charge is 1.00 e. The van der Waals surface area contributed by atoms with E-state index in [1.54, 1.807) is 24.3 Å². The van der Waals surface area contributed by atoms with E-state index in [9.17, 15) is 14.4 Å². The third-order valence-electron chi connectivity index (χ3n) is 1.97. The zero-order chi connectivity index (χ0) is 15.1. The van der Waals surface area contributed by atoms with Crippen LogP contribution < -0.4 is 69.2 Å². The first-order chi connectivity index (χ1) is 9.40. The molecule has 1 amide bonds. The number of carboxylic acids is 2. The monoisotopic (exact) mass is 425 g/mol. The van der Waals surface area contributed by atoms with Gasteiger partial charge in [0.15, 0.2) is 0 Å². The van der Waals surface area contributed by atoms with Gasteiger partial charge < -0.3 is 2.85 Å². The molecule has 0 atom stereocenters. The Balaban J connectivity index is -0.000000500. The summed E-state index contributed by atoms with van der Waals surface area (Å²) in [6, 6.07) is 6.57. The molecule has 0 aliphatic carbocycles. The summed E-state index contributed by atoms with van der Waals surface area (Å²) >= 11 is -1.91. The predicted molar refractivity (Wildman–Crippen MR) is 82.8 cm³/mol. The van der Waals surface area contributed by atoms with Crippen LogP contribution in [0.3, 0.4) is 0 Å². The zero-order valence-electron chi connectivity index (χ0n) is 14.2. The van der Waals surface area contributed by atoms with Crippen molar-refractivity contribution in [2.24, 2.45) is 5.73 Å². The van der Waals surface area contributed by atoms with Gasteiger partial charge in [-0.2, -0.15) is 0 Å². The SMILES string of the molecule is NC(=O)c1ccc([As](SCC(=O)O)SCC(=O)O)cc1.[H-].[H-].[Na+].[Na+]. The van der Waals surface area contributed by atoms with Crippen LogP contribution >= 0.6 is 20.0 Å². The molecule has 11 heteroatoms. The van der Waals surface area contributed by atoms with E-state index in [2.05, 4.69) is 0 Å². The van der Waals surface area contributed by atoms with Gasteiger partial charge in [0.05, 0.1) is 0 Å². The molecular weight excluding hydrogens is 411 g/mol. The van der Waals surface area contributed by atoms with Crippen LogP contribution in [0.4, 0.5) is 0 Å². The standard InChI is InChI=1S/C11H12AsNO5S2.2Na.2H/c13-11(18)7-1-3-8(4-2-7)12(19-5-9(14)15)20-6-10(16)17;;;;/h1-4H,5-6H2,(H2,13,18)(H,14,15)(H,16,17);;;;/q;2*+1;2*-1. The molecule has 1 aromatic carbocycles. The first-order valence-corrected chi connectivity index (χ1v) is 12.7. The van der Waals surface area contributed by atoms with E-state index in [0.29, 0.717) is 5.56 Å². The Bertz CT molecular complexity index is 510. The quantitative estimate of drug-likeness (QED) is 0.356. The summed E-state index contributed by atoms with van der Waals surface area (Å²) in [5, 5.41) is 17.4. The van der Waals surface area contributed by atoms with E-state index < -0.39 is 30.2 Å². The Labute approximate surface area is 186 Å². The number of rotatable bonds is 8. The van der Waals surface area contributed by atoms with Gasteiger partial charge in [0.25, 0.3) is 0 Å². The average Bonchev–Trinajstić information content (AvgIpc) is 2.38. The fourth-order valence-electron chi connectivity index (χ4n) is 1.16. The number of hydrogen-bond donors (Lipinski definition) is 3. The summed E-state index contributed by atoms with van der Waals surface area (Å²) in [6.07, 6.45) is 0. The Morgan fingerprint density at radius 2 is 1.41 bits per heavy atom. The average molecular weight is 425 g/mol. The molecule has 0 fully saturated rings. The van der Waals surface area contributed by atoms with Crippen LogP contribution in [0.2, 0.25) is 0 Å². The third-order valence-corrected chi connectivity index (χ3v) is 14.8. The van der Waals surface area contributed by atoms with Crippen LogP contribution in [-0.2, 0) is 9.59 Å². The molecule has 112 valence electrons. The number of benzene rings is 1. The van der Waals surface area contributed by atoms with E-state index in [0.717, 1.165) is 4.35 Å². The molecule has 1 rings (SSSR count). The fourth-order valence-corrected chi connectivity index (χ4v) is 12.1. The van der Waals surface area contributed by atoms with Crippen molar-refractivity contribution in [3.8, 4) is 0 Å². The Kier molecular flexibility index (Phi) is 15.1. The molecule has 0 heterocycles. The molecule has 0 saturated carbocycles. The molecule has 0 radical (unpaired) electrons. The molecule has 1 aromatic rings. The number of carbonyl (C=O) groups is 3. The number of aliphatic carboxylic acids is 2. The predicted octanol–water partition coefficient (Wildman–Crippen LogP) is -5.65. The molecule has 6 nitrogen and oxygen atoms in total. The van der Waals surface area contributed by atoms with Gasteiger partial charge >= 0.3 is 185 Å². The van der Waals surface area contributed by atoms with Gasteiger partial charge in [-0.15, -0.1) is 0 Å². The number of nitrogens with two attached hydrogens (primary N) is 1. The van der Waals surface area contributed by atoms with Gasteiger partial charge in [-0.05, 0) is 0 Å². The van der Waals surface area contributed by atoms with Gasteiger partial charge in [0.1, 0.15) is 0 Å². The Morgan fingerprint density at radius 1 is 1.00 bits per heavy atom. The molecule has 0 spiro atoms. The van der Waals surface area contributed by atoms with E-state index >= 15 is 0 Å². The topological polar surface area (TPSA) is 118 Å². The second kappa shape index (κ2) is 13.2. The van der Waals surface area contributed by atoms with Crippen LogP contribution in [0, 0.1) is 0 Å². The molecule has 0 aliphatic heterocycles. The second-order valence-electron chi connectivity index (χ2n) is 3.50. The zero-order valence-corrected chi connectivity index (χ0v) is 19.7. The second-order valence-corrected chi connectivity index (χ2v) is 15.0. The summed E-state index contributed by atoms with van der Waals surface area (Å²) in [5.41, 5.74) is 5.51. The molecule has 0 aromatic heterocycles. The number of carboxylic acid groups (broad SMARTS) is 2. The van der Waals surface area contributed by atoms with Crippen LogP contribution in [0.25, 0.3) is 0 Å². The summed E-state index contributed by atoms with van der Waals surface area (Å²) in [7, 11) is 2.54. The van der Waals surface area contributed by atoms with Crippen molar-refractivity contribution in [3.05, 3.63) is 29.8 Å². The number of amides is 1. The van der Waals surface area contributed by atoms with Crippen molar-refractivity contribution in [2.45, 2.75) is 0 Å². The van der Waals surface area contributed by atoms with E-state index in [-0.39, 0.29) is 73.5 Å². The minimum atomic E-state index is -1.91. The maximum absolute atomic E-state index is 11.0. The molecule has 4 N–H and O–H groups in total. The van der Waals surface area contributed by atoms with Crippen LogP contribution in [0.15, 0.2) is 24.3 Å². The van der Waals surface area contributed by atoms with Gasteiger partial charge in [-0.1, -0.05) is 0 Å². The van der Waals surface area contributed by atoms with Crippen molar-refractivity contribution in [1.82, 2.24) is 0 Å². The fraction of sp³-hybridized carbons (Fsp3) is 0.182. The first kappa shape index (κ1) is 25.1. The van der Waals surface area contributed by atoms with Gasteiger partial charge in [-0.25, -0.2) is 0 Å². The third kappa shape index (κ3) is 9.90. The number of hydrogen-bond acceptors (Lipinski definition) is 5. The van der Waals surface area contributed by atoms with Crippen LogP contribution in [0.5, 0.6) is 0 Å². The first-order valence-electron chi connectivity index (χ1n) is 5.29. The molecule has 0 aliphatic rings. The minimum Gasteiger partial charge on any atom is -1.00 e. The van der Waals surface area contributed by atoms with Crippen molar-refractivity contribution in [1.29, 1.82) is 0 Å². The number of primary amides is 1. The van der Waals surface area contributed by atoms with Crippen molar-refractivity contribution >= 4 is 54.6 Å². The maximum atomic E-state index is 11.0. The summed E-state index contributed by atoms with van der Waals surface area (Å²) in [5.74, 6) is -2.53. The van der Waals surface area contributed by atoms with Gasteiger partial charge in [0, 0.05) is 0 Å². The van der Waals surface area contributed by atoms with Crippen LogP contribution in [-0.4, -0.2) is 51.9 Å². The molecule has 0 bridgehead atoms. The van der Waals surface area contributed by atoms with Crippen LogP contribution in [0.1, 0.15) is 13.2 Å². The summed E-state index contributed by atoms with van der Waals surface area (Å²) < 4.78 is 0.889. The van der Waals surface area contributed by atoms with E-state index in [4.69, 9.17) is 15.9 Å². The molecular formula is C11H14AsNNa2O5S2. The van der Waals surface area contributed by atoms with Gasteiger partial charge in [0.2, 0.25) is 0 Å². The van der Waals surface area contributed by atoms with E-state index in [1.165, 1.54) is 20.0 Å². The normalized spacial score (nSPS) is 9.50. The van der Waals surface area contributed by atoms with Crippen molar-refractivity contribution in [2.75, 3.05) is 11.5 Å². The summed E-state index contributed by atoms with van der Waals surface area (Å²) in [4.78, 5) is 32.2. The summed E-state index contributed by atoms with van der Waals surface area (Å²) in [6.45, 7) is 0. The molecule has 22 heavy (non-hydrogen) atoms. The van der Waals surface area contributed by atoms with E-state index in [1.807, 2.05) is 0 Å². The molecule has 0 unspecified atom stereocenters. The molecule has 0 saturated heterocycles. The maximum Gasteiger partial charge on any atom is 1.00 e. The minimum absolute atomic E-state index is 0. The number of carbonyl (C=O) groups excluding carboxylic acids is 1. The Morgan fingerprint density at radius 3 is 1.73 bits per heavy atom. The van der Waals surface area contributed by atoms with Crippen molar-refractivity contribution in [3.63, 3.8) is 0 Å². The van der Waals surface area contributed by atoms with Crippen molar-refractivity contribution < 1.29 is 86.6 Å². The van der Waals surface area contributed by atoms with Gasteiger partial charge in [-0.3, -0.25) is 0 Å². The Hall–Kier alpha value is 0.888.